The Kier molecular flexibility index (Phi) is 6.95. The molecule has 35 heavy (non-hydrogen) atoms. The normalized spacial score (nSPS) is 20.0. The zero-order valence-corrected chi connectivity index (χ0v) is 22.2. The number of nitrogens with one attached hydrogen (secondary N) is 2. The van der Waals surface area contributed by atoms with Crippen LogP contribution in [0.2, 0.25) is 0 Å². The zero-order valence-electron chi connectivity index (χ0n) is 20.1. The number of ether oxygens (including phenoxy) is 1. The number of amides is 1. The number of pyridine rings is 1. The van der Waals surface area contributed by atoms with Gasteiger partial charge in [0.1, 0.15) is 0 Å². The molecule has 182 valence electrons. The molecule has 2 aromatic carbocycles. The summed E-state index contributed by atoms with van der Waals surface area (Å²) in [6.45, 7) is 7.05. The molecule has 1 aromatic heterocycles. The highest BCUT2D eigenvalue weighted by Gasteiger charge is 2.50. The van der Waals surface area contributed by atoms with Crippen LogP contribution >= 0.6 is 22.6 Å². The van der Waals surface area contributed by atoms with E-state index in [1.54, 1.807) is 6.20 Å². The highest BCUT2D eigenvalue weighted by molar-refractivity contribution is 14.1. The highest BCUT2D eigenvalue weighted by atomic mass is 127. The Labute approximate surface area is 220 Å². The smallest absolute Gasteiger partial charge is 0.254 e. The summed E-state index contributed by atoms with van der Waals surface area (Å²) in [5.74, 6) is 0.342. The Morgan fingerprint density at radius 1 is 1.09 bits per heavy atom. The zero-order chi connectivity index (χ0) is 24.4. The number of likely N-dealkylation sites (N-methyl/N-ethyl adjacent to an activating group) is 1. The van der Waals surface area contributed by atoms with E-state index in [9.17, 15) is 4.79 Å². The Morgan fingerprint density at radius 3 is 2.71 bits per heavy atom. The summed E-state index contributed by atoms with van der Waals surface area (Å²) in [6, 6.07) is 18.4. The van der Waals surface area contributed by atoms with Crippen LogP contribution in [0.5, 0.6) is 5.88 Å². The van der Waals surface area contributed by atoms with Crippen LogP contribution in [0.1, 0.15) is 23.6 Å². The number of hydrogen-bond donors (Lipinski definition) is 2. The van der Waals surface area contributed by atoms with E-state index < -0.39 is 5.54 Å². The second-order valence-electron chi connectivity index (χ2n) is 9.00. The molecule has 0 spiro atoms. The first kappa shape index (κ1) is 24.0. The first-order chi connectivity index (χ1) is 17.0. The molecule has 1 fully saturated rings. The van der Waals surface area contributed by atoms with E-state index in [1.165, 1.54) is 5.69 Å². The van der Waals surface area contributed by atoms with Crippen LogP contribution in [-0.2, 0) is 16.9 Å². The molecule has 1 saturated heterocycles. The fourth-order valence-electron chi connectivity index (χ4n) is 4.90. The minimum Gasteiger partial charge on any atom is -0.478 e. The van der Waals surface area contributed by atoms with Crippen LogP contribution in [0.15, 0.2) is 60.8 Å². The molecule has 8 heteroatoms. The topological polar surface area (TPSA) is 69.7 Å². The van der Waals surface area contributed by atoms with E-state index in [2.05, 4.69) is 85.4 Å². The van der Waals surface area contributed by atoms with Crippen molar-refractivity contribution in [3.05, 3.63) is 81.1 Å². The van der Waals surface area contributed by atoms with Crippen molar-refractivity contribution < 1.29 is 9.53 Å². The number of nitrogens with zero attached hydrogens (tertiary/aromatic N) is 3. The Balaban J connectivity index is 1.52. The number of carbonyl (C=O) groups excluding carboxylic acids is 1. The number of carbonyl (C=O) groups is 1. The third-order valence-electron chi connectivity index (χ3n) is 6.77. The van der Waals surface area contributed by atoms with Crippen LogP contribution in [-0.4, -0.2) is 55.6 Å². The first-order valence-electron chi connectivity index (χ1n) is 12.0. The van der Waals surface area contributed by atoms with Gasteiger partial charge in [0.15, 0.2) is 5.54 Å². The monoisotopic (exact) mass is 583 g/mol. The number of halogens is 1. The van der Waals surface area contributed by atoms with Gasteiger partial charge in [-0.1, -0.05) is 12.1 Å². The lowest BCUT2D eigenvalue weighted by atomic mass is 9.84. The Morgan fingerprint density at radius 2 is 1.91 bits per heavy atom. The third kappa shape index (κ3) is 4.62. The minimum absolute atomic E-state index is 0.126. The molecule has 0 bridgehead atoms. The van der Waals surface area contributed by atoms with Gasteiger partial charge in [-0.05, 0) is 84.6 Å². The van der Waals surface area contributed by atoms with Gasteiger partial charge >= 0.3 is 0 Å². The van der Waals surface area contributed by atoms with Gasteiger partial charge in [0.25, 0.3) is 5.91 Å². The molecule has 7 nitrogen and oxygen atoms in total. The highest BCUT2D eigenvalue weighted by Crippen LogP contribution is 2.44. The van der Waals surface area contributed by atoms with Crippen molar-refractivity contribution in [3.8, 4) is 5.88 Å². The first-order valence-corrected chi connectivity index (χ1v) is 13.1. The summed E-state index contributed by atoms with van der Waals surface area (Å²) in [6.07, 6.45) is 1.70. The molecule has 1 atom stereocenters. The minimum atomic E-state index is -1.11. The van der Waals surface area contributed by atoms with Crippen molar-refractivity contribution in [2.75, 3.05) is 50.1 Å². The quantitative estimate of drug-likeness (QED) is 0.413. The van der Waals surface area contributed by atoms with E-state index in [4.69, 9.17) is 4.74 Å². The summed E-state index contributed by atoms with van der Waals surface area (Å²) in [4.78, 5) is 23.0. The number of anilines is 2. The number of benzene rings is 2. The van der Waals surface area contributed by atoms with Crippen molar-refractivity contribution in [1.82, 2.24) is 15.2 Å². The summed E-state index contributed by atoms with van der Waals surface area (Å²) >= 11 is 2.29. The van der Waals surface area contributed by atoms with Crippen LogP contribution in [0.3, 0.4) is 0 Å². The van der Waals surface area contributed by atoms with Gasteiger partial charge in [-0.2, -0.15) is 0 Å². The van der Waals surface area contributed by atoms with E-state index in [1.807, 2.05) is 31.2 Å². The van der Waals surface area contributed by atoms with Gasteiger partial charge < -0.3 is 19.9 Å². The van der Waals surface area contributed by atoms with E-state index in [0.717, 1.165) is 52.1 Å². The second kappa shape index (κ2) is 10.1. The van der Waals surface area contributed by atoms with E-state index in [0.29, 0.717) is 19.0 Å². The number of rotatable bonds is 7. The Hall–Kier alpha value is -2.69. The molecule has 1 amide bonds. The molecular formula is C27H30IN5O2. The van der Waals surface area contributed by atoms with Crippen LogP contribution in [0, 0.1) is 3.57 Å². The molecule has 2 aliphatic heterocycles. The molecule has 5 rings (SSSR count). The summed E-state index contributed by atoms with van der Waals surface area (Å²) in [5.41, 5.74) is 3.64. The molecule has 0 aliphatic carbocycles. The molecule has 1 unspecified atom stereocenters. The van der Waals surface area contributed by atoms with Gasteiger partial charge in [-0.25, -0.2) is 4.98 Å². The maximum atomic E-state index is 13.7. The fourth-order valence-corrected chi connectivity index (χ4v) is 5.39. The van der Waals surface area contributed by atoms with Crippen LogP contribution in [0.4, 0.5) is 11.4 Å². The number of piperazine rings is 1. The molecule has 3 aromatic rings. The summed E-state index contributed by atoms with van der Waals surface area (Å²) in [5, 5.41) is 6.72. The van der Waals surface area contributed by atoms with Crippen molar-refractivity contribution in [2.24, 2.45) is 0 Å². The molecular weight excluding hydrogens is 553 g/mol. The lowest BCUT2D eigenvalue weighted by molar-refractivity contribution is -0.120. The van der Waals surface area contributed by atoms with Crippen LogP contribution < -0.4 is 20.3 Å². The lowest BCUT2D eigenvalue weighted by Crippen LogP contribution is -2.49. The van der Waals surface area contributed by atoms with Crippen molar-refractivity contribution in [3.63, 3.8) is 0 Å². The molecule has 2 N–H and O–H groups in total. The molecule has 0 radical (unpaired) electrons. The maximum absolute atomic E-state index is 13.7. The number of fused-ring (bicyclic) bond motifs is 1. The second-order valence-corrected chi connectivity index (χ2v) is 10.2. The largest absolute Gasteiger partial charge is 0.478 e. The predicted molar refractivity (Wildman–Crippen MR) is 147 cm³/mol. The third-order valence-corrected chi connectivity index (χ3v) is 7.44. The molecule has 3 heterocycles. The van der Waals surface area contributed by atoms with Gasteiger partial charge in [-0.15, -0.1) is 0 Å². The van der Waals surface area contributed by atoms with Gasteiger partial charge in [-0.3, -0.25) is 10.1 Å². The molecule has 2 aliphatic rings. The van der Waals surface area contributed by atoms with E-state index >= 15 is 0 Å². The standard InChI is InChI=1S/C27H30IN5O2/c1-3-35-25-22(8-5-11-29-25)27(23-17-20(28)9-10-24(23)31-26(27)34)30-18-19-6-4-7-21(16-19)33-14-12-32(2)13-15-33/h4-11,16-17,30H,3,12-15,18H2,1-2H3,(H,31,34). The van der Waals surface area contributed by atoms with Crippen molar-refractivity contribution >= 4 is 39.9 Å². The van der Waals surface area contributed by atoms with Crippen LogP contribution in [0.25, 0.3) is 0 Å². The van der Waals surface area contributed by atoms with E-state index in [-0.39, 0.29) is 5.91 Å². The summed E-state index contributed by atoms with van der Waals surface area (Å²) < 4.78 is 6.94. The number of hydrogen-bond acceptors (Lipinski definition) is 6. The van der Waals surface area contributed by atoms with Gasteiger partial charge in [0.05, 0.1) is 6.61 Å². The lowest BCUT2D eigenvalue weighted by Gasteiger charge is -2.34. The SMILES string of the molecule is CCOc1ncccc1C1(NCc2cccc(N3CCN(C)CC3)c2)C(=O)Nc2ccc(I)cc21. The molecule has 0 saturated carbocycles. The maximum Gasteiger partial charge on any atom is 0.254 e. The number of aromatic nitrogens is 1. The fraction of sp³-hybridized carbons (Fsp3) is 0.333. The predicted octanol–water partition coefficient (Wildman–Crippen LogP) is 3.82. The van der Waals surface area contributed by atoms with Crippen molar-refractivity contribution in [1.29, 1.82) is 0 Å². The van der Waals surface area contributed by atoms with Crippen molar-refractivity contribution in [2.45, 2.75) is 19.0 Å². The van der Waals surface area contributed by atoms with Gasteiger partial charge in [0, 0.05) is 65.0 Å². The average Bonchev–Trinajstić information content (AvgIpc) is 3.15. The average molecular weight is 583 g/mol. The summed E-state index contributed by atoms with van der Waals surface area (Å²) in [7, 11) is 2.16. The Bertz CT molecular complexity index is 1230. The van der Waals surface area contributed by atoms with Gasteiger partial charge in [0.2, 0.25) is 5.88 Å².